The molecule has 9 nitrogen and oxygen atoms in total. The maximum Gasteiger partial charge on any atom is 0.335 e. The minimum absolute atomic E-state index is 0.0699. The zero-order valence-corrected chi connectivity index (χ0v) is 13.0. The van der Waals surface area contributed by atoms with Gasteiger partial charge in [-0.25, -0.2) is 0 Å². The number of hydrazine groups is 1. The average molecular weight is 370 g/mol. The molecule has 0 unspecified atom stereocenters. The van der Waals surface area contributed by atoms with Crippen LogP contribution < -0.4 is 15.6 Å². The zero-order valence-electron chi connectivity index (χ0n) is 11.4. The van der Waals surface area contributed by atoms with Gasteiger partial charge in [-0.1, -0.05) is 15.9 Å². The summed E-state index contributed by atoms with van der Waals surface area (Å²) in [5, 5.41) is 17.0. The third kappa shape index (κ3) is 3.95. The summed E-state index contributed by atoms with van der Waals surface area (Å²) in [7, 11) is 0. The molecule has 0 aliphatic heterocycles. The first kappa shape index (κ1) is 15.8. The van der Waals surface area contributed by atoms with Crippen LogP contribution in [0.3, 0.4) is 0 Å². The van der Waals surface area contributed by atoms with E-state index in [0.717, 1.165) is 4.47 Å². The van der Waals surface area contributed by atoms with Gasteiger partial charge in [0, 0.05) is 4.47 Å². The summed E-state index contributed by atoms with van der Waals surface area (Å²) in [6.07, 6.45) is 0. The number of carbonyl (C=O) groups excluding carboxylic acids is 1. The van der Waals surface area contributed by atoms with Gasteiger partial charge in [-0.2, -0.15) is 0 Å². The molecular formula is C12H12BrN5O4. The number of aryl methyl sites for hydroxylation is 1. The van der Waals surface area contributed by atoms with Crippen molar-refractivity contribution in [1.29, 1.82) is 0 Å². The lowest BCUT2D eigenvalue weighted by Crippen LogP contribution is -2.34. The summed E-state index contributed by atoms with van der Waals surface area (Å²) < 4.78 is 6.15. The molecule has 1 heterocycles. The number of nitrogens with zero attached hydrogens (tertiary/aromatic N) is 2. The lowest BCUT2D eigenvalue weighted by atomic mass is 10.3. The Labute approximate surface area is 133 Å². The average Bonchev–Trinajstić information content (AvgIpc) is 2.85. The molecule has 2 aromatic rings. The molecule has 0 bridgehead atoms. The van der Waals surface area contributed by atoms with Gasteiger partial charge < -0.3 is 4.74 Å². The number of rotatable bonds is 6. The smallest absolute Gasteiger partial charge is 0.335 e. The number of anilines is 1. The van der Waals surface area contributed by atoms with Gasteiger partial charge in [0.05, 0.1) is 4.92 Å². The minimum Gasteiger partial charge on any atom is -0.484 e. The van der Waals surface area contributed by atoms with E-state index in [4.69, 9.17) is 4.74 Å². The van der Waals surface area contributed by atoms with Gasteiger partial charge in [0.1, 0.15) is 11.4 Å². The molecule has 3 N–H and O–H groups in total. The van der Waals surface area contributed by atoms with Crippen molar-refractivity contribution in [2.45, 2.75) is 6.92 Å². The lowest BCUT2D eigenvalue weighted by molar-refractivity contribution is -0.384. The number of aromatic amines is 1. The molecule has 2 rings (SSSR count). The Morgan fingerprint density at radius 1 is 1.45 bits per heavy atom. The first-order valence-electron chi connectivity index (χ1n) is 6.10. The Hall–Kier alpha value is -2.62. The molecule has 0 spiro atoms. The van der Waals surface area contributed by atoms with E-state index < -0.39 is 10.8 Å². The van der Waals surface area contributed by atoms with Crippen LogP contribution in [-0.2, 0) is 4.79 Å². The van der Waals surface area contributed by atoms with Crippen molar-refractivity contribution in [3.05, 3.63) is 44.5 Å². The highest BCUT2D eigenvalue weighted by atomic mass is 79.9. The summed E-state index contributed by atoms with van der Waals surface area (Å²) in [6.45, 7) is 1.26. The van der Waals surface area contributed by atoms with Gasteiger partial charge in [0.2, 0.25) is 5.82 Å². The molecule has 1 aromatic carbocycles. The molecule has 0 fully saturated rings. The standard InChI is InChI=1S/C12H12BrN5O4/c1-7-11(18(20)21)12(16-14-7)17-15-10(19)6-22-9-4-2-8(13)3-5-9/h2-5H,6H2,1H3,(H,15,19)(H2,14,16,17). The fourth-order valence-corrected chi connectivity index (χ4v) is 1.84. The maximum atomic E-state index is 11.6. The van der Waals surface area contributed by atoms with Crippen molar-refractivity contribution in [2.75, 3.05) is 12.0 Å². The number of aromatic nitrogens is 2. The molecule has 1 aromatic heterocycles. The minimum atomic E-state index is -0.592. The Balaban J connectivity index is 1.85. The Bertz CT molecular complexity index is 685. The van der Waals surface area contributed by atoms with Crippen LogP contribution in [0.5, 0.6) is 5.75 Å². The Morgan fingerprint density at radius 2 is 2.14 bits per heavy atom. The molecule has 22 heavy (non-hydrogen) atoms. The molecule has 0 atom stereocenters. The van der Waals surface area contributed by atoms with Crippen molar-refractivity contribution < 1.29 is 14.5 Å². The number of amides is 1. The van der Waals surface area contributed by atoms with E-state index in [1.807, 2.05) is 0 Å². The van der Waals surface area contributed by atoms with Gasteiger partial charge >= 0.3 is 5.69 Å². The SMILES string of the molecule is Cc1[nH]nc(NNC(=O)COc2ccc(Br)cc2)c1[N+](=O)[O-]. The predicted molar refractivity (Wildman–Crippen MR) is 81.4 cm³/mol. The van der Waals surface area contributed by atoms with Crippen LogP contribution in [0.4, 0.5) is 11.5 Å². The highest BCUT2D eigenvalue weighted by Crippen LogP contribution is 2.24. The van der Waals surface area contributed by atoms with Crippen molar-refractivity contribution in [2.24, 2.45) is 0 Å². The summed E-state index contributed by atoms with van der Waals surface area (Å²) in [6, 6.07) is 6.96. The molecule has 0 aliphatic rings. The Kier molecular flexibility index (Phi) is 4.94. The number of nitrogens with one attached hydrogen (secondary N) is 3. The quantitative estimate of drug-likeness (QED) is 0.527. The highest BCUT2D eigenvalue weighted by molar-refractivity contribution is 9.10. The van der Waals surface area contributed by atoms with Crippen LogP contribution >= 0.6 is 15.9 Å². The second kappa shape index (κ2) is 6.89. The molecule has 116 valence electrons. The summed E-state index contributed by atoms with van der Waals surface area (Å²) in [4.78, 5) is 21.9. The normalized spacial score (nSPS) is 10.1. The van der Waals surface area contributed by atoms with E-state index in [1.54, 1.807) is 24.3 Å². The van der Waals surface area contributed by atoms with Crippen LogP contribution in [0, 0.1) is 17.0 Å². The number of ether oxygens (including phenoxy) is 1. The Morgan fingerprint density at radius 3 is 2.77 bits per heavy atom. The van der Waals surface area contributed by atoms with Gasteiger partial charge in [-0.15, -0.1) is 5.10 Å². The summed E-state index contributed by atoms with van der Waals surface area (Å²) in [5.74, 6) is -0.0442. The number of halogens is 1. The number of hydrogen-bond donors (Lipinski definition) is 3. The van der Waals surface area contributed by atoms with Crippen molar-refractivity contribution in [3.63, 3.8) is 0 Å². The number of nitro groups is 1. The van der Waals surface area contributed by atoms with Crippen LogP contribution in [0.2, 0.25) is 0 Å². The van der Waals surface area contributed by atoms with Crippen LogP contribution in [-0.4, -0.2) is 27.6 Å². The topological polar surface area (TPSA) is 122 Å². The fraction of sp³-hybridized carbons (Fsp3) is 0.167. The lowest BCUT2D eigenvalue weighted by Gasteiger charge is -2.07. The van der Waals surface area contributed by atoms with E-state index in [2.05, 4.69) is 37.0 Å². The molecule has 0 radical (unpaired) electrons. The zero-order chi connectivity index (χ0) is 16.1. The van der Waals surface area contributed by atoms with Crippen LogP contribution in [0.25, 0.3) is 0 Å². The van der Waals surface area contributed by atoms with Crippen LogP contribution in [0.15, 0.2) is 28.7 Å². The van der Waals surface area contributed by atoms with Crippen LogP contribution in [0.1, 0.15) is 5.69 Å². The first-order chi connectivity index (χ1) is 10.5. The second-order valence-electron chi connectivity index (χ2n) is 4.22. The predicted octanol–water partition coefficient (Wildman–Crippen LogP) is 1.91. The van der Waals surface area contributed by atoms with Crippen molar-refractivity contribution in [3.8, 4) is 5.75 Å². The fourth-order valence-electron chi connectivity index (χ4n) is 1.58. The molecule has 0 saturated carbocycles. The molecule has 10 heteroatoms. The summed E-state index contributed by atoms with van der Waals surface area (Å²) in [5.41, 5.74) is 4.73. The largest absolute Gasteiger partial charge is 0.484 e. The number of hydrogen-bond acceptors (Lipinski definition) is 6. The molecule has 1 amide bonds. The second-order valence-corrected chi connectivity index (χ2v) is 5.13. The molecule has 0 saturated heterocycles. The van der Waals surface area contributed by atoms with E-state index in [-0.39, 0.29) is 23.8 Å². The number of H-pyrrole nitrogens is 1. The third-order valence-corrected chi connectivity index (χ3v) is 3.13. The highest BCUT2D eigenvalue weighted by Gasteiger charge is 2.21. The van der Waals surface area contributed by atoms with Gasteiger partial charge in [-0.05, 0) is 31.2 Å². The van der Waals surface area contributed by atoms with Crippen molar-refractivity contribution in [1.82, 2.24) is 15.6 Å². The monoisotopic (exact) mass is 369 g/mol. The summed E-state index contributed by atoms with van der Waals surface area (Å²) >= 11 is 3.29. The maximum absolute atomic E-state index is 11.6. The van der Waals surface area contributed by atoms with Crippen molar-refractivity contribution >= 4 is 33.3 Å². The molecule has 0 aliphatic carbocycles. The van der Waals surface area contributed by atoms with Gasteiger partial charge in [0.25, 0.3) is 5.91 Å². The van der Waals surface area contributed by atoms with E-state index in [9.17, 15) is 14.9 Å². The van der Waals surface area contributed by atoms with Gasteiger partial charge in [-0.3, -0.25) is 30.9 Å². The third-order valence-electron chi connectivity index (χ3n) is 2.60. The van der Waals surface area contributed by atoms with E-state index in [0.29, 0.717) is 5.75 Å². The first-order valence-corrected chi connectivity index (χ1v) is 6.89. The van der Waals surface area contributed by atoms with Gasteiger partial charge in [0.15, 0.2) is 6.61 Å². The van der Waals surface area contributed by atoms with E-state index >= 15 is 0 Å². The molecular weight excluding hydrogens is 358 g/mol. The van der Waals surface area contributed by atoms with E-state index in [1.165, 1.54) is 6.92 Å². The number of carbonyl (C=O) groups is 1. The number of benzene rings is 1.